The third-order valence-electron chi connectivity index (χ3n) is 2.64. The largest absolute Gasteiger partial charge is 0.464 e. The smallest absolute Gasteiger partial charge is 0.163 e. The van der Waals surface area contributed by atoms with Crippen LogP contribution in [0.25, 0.3) is 22.4 Å². The first kappa shape index (κ1) is 9.99. The molecule has 3 rings (SSSR count). The SMILES string of the molecule is NCc1ccnc(-c2coc3ccccc23)n1. The second-order valence-electron chi connectivity index (χ2n) is 3.72. The molecule has 0 radical (unpaired) electrons. The Kier molecular flexibility index (Phi) is 2.34. The lowest BCUT2D eigenvalue weighted by atomic mass is 10.1. The summed E-state index contributed by atoms with van der Waals surface area (Å²) in [5, 5.41) is 1.02. The number of aromatic nitrogens is 2. The van der Waals surface area contributed by atoms with Gasteiger partial charge in [-0.15, -0.1) is 0 Å². The number of nitrogens with zero attached hydrogens (tertiary/aromatic N) is 2. The van der Waals surface area contributed by atoms with E-state index in [1.165, 1.54) is 0 Å². The van der Waals surface area contributed by atoms with Crippen molar-refractivity contribution in [2.75, 3.05) is 0 Å². The topological polar surface area (TPSA) is 64.9 Å². The predicted molar refractivity (Wildman–Crippen MR) is 65.1 cm³/mol. The van der Waals surface area contributed by atoms with Gasteiger partial charge in [0, 0.05) is 18.1 Å². The van der Waals surface area contributed by atoms with Crippen molar-refractivity contribution >= 4 is 11.0 Å². The van der Waals surface area contributed by atoms with Gasteiger partial charge in [0.2, 0.25) is 0 Å². The van der Waals surface area contributed by atoms with Crippen LogP contribution in [-0.2, 0) is 6.54 Å². The molecular formula is C13H11N3O. The molecule has 4 heteroatoms. The Morgan fingerprint density at radius 1 is 1.18 bits per heavy atom. The summed E-state index contributed by atoms with van der Waals surface area (Å²) in [7, 11) is 0. The molecule has 0 bridgehead atoms. The molecule has 0 spiro atoms. The minimum Gasteiger partial charge on any atom is -0.464 e. The van der Waals surface area contributed by atoms with Crippen molar-refractivity contribution in [2.45, 2.75) is 6.54 Å². The van der Waals surface area contributed by atoms with Crippen molar-refractivity contribution in [3.8, 4) is 11.4 Å². The van der Waals surface area contributed by atoms with Gasteiger partial charge in [-0.05, 0) is 12.1 Å². The number of benzene rings is 1. The molecule has 0 aliphatic carbocycles. The summed E-state index contributed by atoms with van der Waals surface area (Å²) in [6.07, 6.45) is 3.40. The average Bonchev–Trinajstić information content (AvgIpc) is 2.82. The maximum Gasteiger partial charge on any atom is 0.163 e. The zero-order chi connectivity index (χ0) is 11.7. The van der Waals surface area contributed by atoms with Crippen molar-refractivity contribution in [2.24, 2.45) is 5.73 Å². The van der Waals surface area contributed by atoms with E-state index < -0.39 is 0 Å². The molecule has 17 heavy (non-hydrogen) atoms. The van der Waals surface area contributed by atoms with E-state index in [1.807, 2.05) is 30.3 Å². The maximum absolute atomic E-state index is 5.57. The van der Waals surface area contributed by atoms with Crippen molar-refractivity contribution in [3.63, 3.8) is 0 Å². The Morgan fingerprint density at radius 3 is 2.94 bits per heavy atom. The first-order valence-corrected chi connectivity index (χ1v) is 5.37. The zero-order valence-corrected chi connectivity index (χ0v) is 9.13. The first-order chi connectivity index (χ1) is 8.38. The molecule has 0 saturated carbocycles. The zero-order valence-electron chi connectivity index (χ0n) is 9.13. The summed E-state index contributed by atoms with van der Waals surface area (Å²) in [6, 6.07) is 9.63. The van der Waals surface area contributed by atoms with E-state index in [9.17, 15) is 0 Å². The molecular weight excluding hydrogens is 214 g/mol. The van der Waals surface area contributed by atoms with Crippen LogP contribution in [0.5, 0.6) is 0 Å². The van der Waals surface area contributed by atoms with Crippen LogP contribution in [-0.4, -0.2) is 9.97 Å². The van der Waals surface area contributed by atoms with Gasteiger partial charge in [-0.25, -0.2) is 9.97 Å². The number of nitrogens with two attached hydrogens (primary N) is 1. The summed E-state index contributed by atoms with van der Waals surface area (Å²) in [5.74, 6) is 0.651. The van der Waals surface area contributed by atoms with E-state index in [0.29, 0.717) is 12.4 Å². The Hall–Kier alpha value is -2.20. The van der Waals surface area contributed by atoms with Gasteiger partial charge in [0.05, 0.1) is 11.3 Å². The number of hydrogen-bond donors (Lipinski definition) is 1. The fourth-order valence-corrected chi connectivity index (χ4v) is 1.79. The maximum atomic E-state index is 5.57. The second-order valence-corrected chi connectivity index (χ2v) is 3.72. The van der Waals surface area contributed by atoms with Gasteiger partial charge in [0.1, 0.15) is 11.8 Å². The summed E-state index contributed by atoms with van der Waals surface area (Å²) in [5.41, 5.74) is 8.13. The molecule has 0 unspecified atom stereocenters. The number of hydrogen-bond acceptors (Lipinski definition) is 4. The lowest BCUT2D eigenvalue weighted by Crippen LogP contribution is -2.01. The third-order valence-corrected chi connectivity index (χ3v) is 2.64. The van der Waals surface area contributed by atoms with Gasteiger partial charge in [-0.3, -0.25) is 0 Å². The van der Waals surface area contributed by atoms with Crippen molar-refractivity contribution in [1.82, 2.24) is 9.97 Å². The van der Waals surface area contributed by atoms with Gasteiger partial charge in [-0.2, -0.15) is 0 Å². The van der Waals surface area contributed by atoms with E-state index in [4.69, 9.17) is 10.2 Å². The van der Waals surface area contributed by atoms with Crippen LogP contribution in [0.1, 0.15) is 5.69 Å². The fourth-order valence-electron chi connectivity index (χ4n) is 1.79. The average molecular weight is 225 g/mol. The third kappa shape index (κ3) is 1.68. The van der Waals surface area contributed by atoms with Gasteiger partial charge in [0.25, 0.3) is 0 Å². The van der Waals surface area contributed by atoms with Crippen LogP contribution in [0.2, 0.25) is 0 Å². The van der Waals surface area contributed by atoms with E-state index in [1.54, 1.807) is 12.5 Å². The summed E-state index contributed by atoms with van der Waals surface area (Å²) in [4.78, 5) is 8.64. The van der Waals surface area contributed by atoms with Crippen LogP contribution >= 0.6 is 0 Å². The van der Waals surface area contributed by atoms with E-state index in [2.05, 4.69) is 9.97 Å². The van der Waals surface area contributed by atoms with Gasteiger partial charge < -0.3 is 10.2 Å². The highest BCUT2D eigenvalue weighted by molar-refractivity contribution is 5.91. The molecule has 4 nitrogen and oxygen atoms in total. The lowest BCUT2D eigenvalue weighted by molar-refractivity contribution is 0.616. The highest BCUT2D eigenvalue weighted by atomic mass is 16.3. The van der Waals surface area contributed by atoms with E-state index in [0.717, 1.165) is 22.2 Å². The van der Waals surface area contributed by atoms with Crippen molar-refractivity contribution < 1.29 is 4.42 Å². The van der Waals surface area contributed by atoms with Gasteiger partial charge >= 0.3 is 0 Å². The van der Waals surface area contributed by atoms with Gasteiger partial charge in [-0.1, -0.05) is 18.2 Å². The molecule has 0 saturated heterocycles. The Morgan fingerprint density at radius 2 is 2.06 bits per heavy atom. The quantitative estimate of drug-likeness (QED) is 0.727. The Labute approximate surface area is 98.1 Å². The van der Waals surface area contributed by atoms with Crippen LogP contribution in [0.15, 0.2) is 47.2 Å². The summed E-state index contributed by atoms with van der Waals surface area (Å²) in [6.45, 7) is 0.408. The molecule has 0 fully saturated rings. The van der Waals surface area contributed by atoms with Crippen molar-refractivity contribution in [3.05, 3.63) is 48.5 Å². The molecule has 84 valence electrons. The molecule has 0 atom stereocenters. The fraction of sp³-hybridized carbons (Fsp3) is 0.0769. The molecule has 1 aromatic carbocycles. The molecule has 2 heterocycles. The molecule has 2 aromatic heterocycles. The molecule has 0 amide bonds. The highest BCUT2D eigenvalue weighted by Crippen LogP contribution is 2.27. The number of rotatable bonds is 2. The number of furan rings is 1. The molecule has 0 aliphatic heterocycles. The Bertz CT molecular complexity index is 660. The predicted octanol–water partition coefficient (Wildman–Crippen LogP) is 2.35. The minimum absolute atomic E-state index is 0.408. The van der Waals surface area contributed by atoms with E-state index in [-0.39, 0.29) is 0 Å². The van der Waals surface area contributed by atoms with Crippen LogP contribution in [0.3, 0.4) is 0 Å². The van der Waals surface area contributed by atoms with E-state index >= 15 is 0 Å². The summed E-state index contributed by atoms with van der Waals surface area (Å²) < 4.78 is 5.47. The van der Waals surface area contributed by atoms with Crippen LogP contribution < -0.4 is 5.73 Å². The number of para-hydroxylation sites is 1. The molecule has 2 N–H and O–H groups in total. The second kappa shape index (κ2) is 3.99. The summed E-state index contributed by atoms with van der Waals surface area (Å²) >= 11 is 0. The number of fused-ring (bicyclic) bond motifs is 1. The van der Waals surface area contributed by atoms with Gasteiger partial charge in [0.15, 0.2) is 5.82 Å². The normalized spacial score (nSPS) is 10.9. The Balaban J connectivity index is 2.20. The minimum atomic E-state index is 0.408. The highest BCUT2D eigenvalue weighted by Gasteiger charge is 2.09. The standard InChI is InChI=1S/C13H11N3O/c14-7-9-5-6-15-13(16-9)11-8-17-12-4-2-1-3-10(11)12/h1-6,8H,7,14H2. The van der Waals surface area contributed by atoms with Crippen LogP contribution in [0.4, 0.5) is 0 Å². The van der Waals surface area contributed by atoms with Crippen LogP contribution in [0, 0.1) is 0 Å². The van der Waals surface area contributed by atoms with Crippen molar-refractivity contribution in [1.29, 1.82) is 0 Å². The molecule has 3 aromatic rings. The first-order valence-electron chi connectivity index (χ1n) is 5.37. The monoisotopic (exact) mass is 225 g/mol. The lowest BCUT2D eigenvalue weighted by Gasteiger charge is -1.99. The molecule has 0 aliphatic rings.